The fraction of sp³-hybridized carbons (Fsp3) is 0.714. The molecule has 0 aromatic heterocycles. The average molecular weight is 336 g/mol. The van der Waals surface area contributed by atoms with E-state index in [1.807, 2.05) is 30.3 Å². The van der Waals surface area contributed by atoms with Gasteiger partial charge in [0.1, 0.15) is 0 Å². The Morgan fingerprint density at radius 1 is 0.792 bits per heavy atom. The second-order valence-corrected chi connectivity index (χ2v) is 6.82. The van der Waals surface area contributed by atoms with Crippen LogP contribution in [0.4, 0.5) is 0 Å². The molecule has 3 nitrogen and oxygen atoms in total. The van der Waals surface area contributed by atoms with E-state index >= 15 is 0 Å². The van der Waals surface area contributed by atoms with E-state index in [0.29, 0.717) is 6.42 Å². The van der Waals surface area contributed by atoms with Crippen molar-refractivity contribution in [1.29, 1.82) is 0 Å². The molecule has 1 aromatic carbocycles. The minimum atomic E-state index is -1.27. The van der Waals surface area contributed by atoms with Crippen molar-refractivity contribution in [1.82, 2.24) is 5.32 Å². The van der Waals surface area contributed by atoms with E-state index < -0.39 is 6.29 Å². The molecule has 3 heteroatoms. The van der Waals surface area contributed by atoms with E-state index in [4.69, 9.17) is 0 Å². The highest BCUT2D eigenvalue weighted by Crippen LogP contribution is 2.18. The summed E-state index contributed by atoms with van der Waals surface area (Å²) in [6.45, 7) is 3.19. The molecule has 0 aliphatic carbocycles. The van der Waals surface area contributed by atoms with Gasteiger partial charge in [-0.05, 0) is 18.5 Å². The summed E-state index contributed by atoms with van der Waals surface area (Å²) >= 11 is 0. The normalized spacial score (nSPS) is 12.7. The van der Waals surface area contributed by atoms with E-state index in [2.05, 4.69) is 12.2 Å². The van der Waals surface area contributed by atoms with Crippen molar-refractivity contribution in [2.24, 2.45) is 0 Å². The van der Waals surface area contributed by atoms with Gasteiger partial charge in [-0.3, -0.25) is 0 Å². The first kappa shape index (κ1) is 21.1. The molecule has 0 fully saturated rings. The van der Waals surface area contributed by atoms with Crippen molar-refractivity contribution in [3.05, 3.63) is 35.9 Å². The zero-order chi connectivity index (χ0) is 17.5. The Morgan fingerprint density at radius 3 is 1.88 bits per heavy atom. The minimum Gasteiger partial charge on any atom is -0.368 e. The Morgan fingerprint density at radius 2 is 1.33 bits per heavy atom. The van der Waals surface area contributed by atoms with Gasteiger partial charge in [-0.25, -0.2) is 0 Å². The third-order valence-electron chi connectivity index (χ3n) is 4.57. The third kappa shape index (κ3) is 10.8. The van der Waals surface area contributed by atoms with Gasteiger partial charge in [0.15, 0.2) is 6.29 Å². The molecular formula is C21H37NO2. The second kappa shape index (κ2) is 14.4. The topological polar surface area (TPSA) is 52.5 Å². The molecule has 0 radical (unpaired) electrons. The first-order chi connectivity index (χ1) is 11.7. The molecule has 1 aromatic rings. The van der Waals surface area contributed by atoms with Crippen molar-refractivity contribution in [3.63, 3.8) is 0 Å². The molecule has 0 bridgehead atoms. The van der Waals surface area contributed by atoms with E-state index in [1.165, 1.54) is 57.8 Å². The summed E-state index contributed by atoms with van der Waals surface area (Å²) in [5.41, 5.74) is 1.12. The van der Waals surface area contributed by atoms with Gasteiger partial charge in [-0.2, -0.15) is 0 Å². The maximum Gasteiger partial charge on any atom is 0.153 e. The second-order valence-electron chi connectivity index (χ2n) is 6.82. The molecule has 0 amide bonds. The van der Waals surface area contributed by atoms with Crippen LogP contribution in [0.25, 0.3) is 0 Å². The number of nitrogens with one attached hydrogen (secondary N) is 1. The summed E-state index contributed by atoms with van der Waals surface area (Å²) in [6.07, 6.45) is 12.4. The Balaban J connectivity index is 2.07. The number of unbranched alkanes of at least 4 members (excludes halogenated alkanes) is 9. The lowest BCUT2D eigenvalue weighted by Gasteiger charge is -2.20. The molecule has 0 aliphatic rings. The number of hydrogen-bond acceptors (Lipinski definition) is 3. The van der Waals surface area contributed by atoms with Crippen LogP contribution >= 0.6 is 0 Å². The Hall–Kier alpha value is -0.900. The van der Waals surface area contributed by atoms with Crippen molar-refractivity contribution in [2.45, 2.75) is 89.9 Å². The van der Waals surface area contributed by atoms with Gasteiger partial charge in [-0.15, -0.1) is 0 Å². The highest BCUT2D eigenvalue weighted by Gasteiger charge is 2.13. The van der Waals surface area contributed by atoms with Crippen LogP contribution in [0.2, 0.25) is 0 Å². The lowest BCUT2D eigenvalue weighted by molar-refractivity contribution is -0.0518. The number of benzene rings is 1. The molecule has 0 saturated heterocycles. The van der Waals surface area contributed by atoms with Crippen LogP contribution in [0.3, 0.4) is 0 Å². The lowest BCUT2D eigenvalue weighted by atomic mass is 10.0. The van der Waals surface area contributed by atoms with E-state index in [1.54, 1.807) is 0 Å². The number of aliphatic hydroxyl groups is 2. The van der Waals surface area contributed by atoms with Gasteiger partial charge in [0.25, 0.3) is 0 Å². The van der Waals surface area contributed by atoms with Crippen LogP contribution in [0.1, 0.15) is 89.2 Å². The summed E-state index contributed by atoms with van der Waals surface area (Å²) < 4.78 is 0. The van der Waals surface area contributed by atoms with Crippen LogP contribution in [0.5, 0.6) is 0 Å². The first-order valence-electron chi connectivity index (χ1n) is 9.88. The van der Waals surface area contributed by atoms with E-state index in [-0.39, 0.29) is 6.04 Å². The van der Waals surface area contributed by atoms with Crippen LogP contribution < -0.4 is 5.32 Å². The van der Waals surface area contributed by atoms with Gasteiger partial charge in [0.2, 0.25) is 0 Å². The predicted molar refractivity (Wildman–Crippen MR) is 102 cm³/mol. The highest BCUT2D eigenvalue weighted by molar-refractivity contribution is 5.18. The quantitative estimate of drug-likeness (QED) is 0.314. The molecule has 0 spiro atoms. The lowest BCUT2D eigenvalue weighted by Crippen LogP contribution is -2.26. The maximum absolute atomic E-state index is 9.28. The van der Waals surface area contributed by atoms with E-state index in [0.717, 1.165) is 18.5 Å². The van der Waals surface area contributed by atoms with Crippen molar-refractivity contribution >= 4 is 0 Å². The average Bonchev–Trinajstić information content (AvgIpc) is 2.59. The van der Waals surface area contributed by atoms with Crippen LogP contribution in [0.15, 0.2) is 30.3 Å². The molecule has 0 saturated carbocycles. The molecule has 0 heterocycles. The van der Waals surface area contributed by atoms with Gasteiger partial charge < -0.3 is 15.5 Å². The molecule has 3 N–H and O–H groups in total. The summed E-state index contributed by atoms with van der Waals surface area (Å²) in [7, 11) is 0. The van der Waals surface area contributed by atoms with Crippen LogP contribution in [-0.2, 0) is 0 Å². The maximum atomic E-state index is 9.28. The zero-order valence-electron chi connectivity index (χ0n) is 15.4. The Labute approximate surface area is 148 Å². The molecule has 1 unspecified atom stereocenters. The van der Waals surface area contributed by atoms with Gasteiger partial charge in [-0.1, -0.05) is 95.0 Å². The molecule has 0 aliphatic heterocycles. The zero-order valence-corrected chi connectivity index (χ0v) is 15.4. The molecule has 1 rings (SSSR count). The number of hydrogen-bond donors (Lipinski definition) is 3. The SMILES string of the molecule is CCCCCCCCCCCCNC(CC(O)O)c1ccccc1. The summed E-state index contributed by atoms with van der Waals surface area (Å²) in [5.74, 6) is 0. The van der Waals surface area contributed by atoms with Crippen molar-refractivity contribution < 1.29 is 10.2 Å². The number of rotatable bonds is 15. The molecular weight excluding hydrogens is 298 g/mol. The highest BCUT2D eigenvalue weighted by atomic mass is 16.5. The number of aliphatic hydroxyl groups excluding tert-OH is 1. The standard InChI is InChI=1S/C21H37NO2/c1-2-3-4-5-6-7-8-9-10-14-17-22-20(18-21(23)24)19-15-12-11-13-16-19/h11-13,15-16,20-24H,2-10,14,17-18H2,1H3. The summed E-state index contributed by atoms with van der Waals surface area (Å²) in [5, 5.41) is 22.0. The minimum absolute atomic E-state index is 0.0183. The third-order valence-corrected chi connectivity index (χ3v) is 4.57. The van der Waals surface area contributed by atoms with Crippen molar-refractivity contribution in [3.8, 4) is 0 Å². The molecule has 138 valence electrons. The fourth-order valence-corrected chi connectivity index (χ4v) is 3.12. The summed E-state index contributed by atoms with van der Waals surface area (Å²) in [4.78, 5) is 0. The van der Waals surface area contributed by atoms with Gasteiger partial charge in [0, 0.05) is 12.5 Å². The van der Waals surface area contributed by atoms with Crippen molar-refractivity contribution in [2.75, 3.05) is 6.54 Å². The molecule has 24 heavy (non-hydrogen) atoms. The van der Waals surface area contributed by atoms with Gasteiger partial charge >= 0.3 is 0 Å². The first-order valence-corrected chi connectivity index (χ1v) is 9.88. The Bertz CT molecular complexity index is 381. The Kier molecular flexibility index (Phi) is 12.7. The van der Waals surface area contributed by atoms with Crippen LogP contribution in [0, 0.1) is 0 Å². The summed E-state index contributed by atoms with van der Waals surface area (Å²) in [6, 6.07) is 10.1. The fourth-order valence-electron chi connectivity index (χ4n) is 3.12. The largest absolute Gasteiger partial charge is 0.368 e. The smallest absolute Gasteiger partial charge is 0.153 e. The van der Waals surface area contributed by atoms with Gasteiger partial charge in [0.05, 0.1) is 0 Å². The van der Waals surface area contributed by atoms with Crippen LogP contribution in [-0.4, -0.2) is 23.0 Å². The predicted octanol–water partition coefficient (Wildman–Crippen LogP) is 4.94. The monoisotopic (exact) mass is 335 g/mol. The van der Waals surface area contributed by atoms with E-state index in [9.17, 15) is 10.2 Å². The molecule has 1 atom stereocenters.